The molecule has 3 rings (SSSR count). The van der Waals surface area contributed by atoms with Gasteiger partial charge in [0.05, 0.1) is 5.52 Å². The second-order valence-corrected chi connectivity index (χ2v) is 7.22. The van der Waals surface area contributed by atoms with E-state index in [-0.39, 0.29) is 11.6 Å². The highest BCUT2D eigenvalue weighted by molar-refractivity contribution is 7.85. The SMILES string of the molecule is O=S1CCC(n2c(CCCl)nc3ccc(F)c(F)c32)CC1. The molecule has 2 heterocycles. The first kappa shape index (κ1) is 14.9. The van der Waals surface area contributed by atoms with Gasteiger partial charge in [0.1, 0.15) is 11.3 Å². The molecule has 0 saturated carbocycles. The molecule has 0 radical (unpaired) electrons. The summed E-state index contributed by atoms with van der Waals surface area (Å²) >= 11 is 5.80. The zero-order valence-electron chi connectivity index (χ0n) is 11.3. The van der Waals surface area contributed by atoms with Crippen LogP contribution in [0.25, 0.3) is 11.0 Å². The second kappa shape index (κ2) is 6.01. The minimum absolute atomic E-state index is 0.00205. The fourth-order valence-electron chi connectivity index (χ4n) is 2.86. The van der Waals surface area contributed by atoms with Crippen molar-refractivity contribution < 1.29 is 13.0 Å². The van der Waals surface area contributed by atoms with Crippen molar-refractivity contribution in [3.05, 3.63) is 29.6 Å². The van der Waals surface area contributed by atoms with Crippen molar-refractivity contribution in [3.8, 4) is 0 Å². The molecule has 0 bridgehead atoms. The van der Waals surface area contributed by atoms with Gasteiger partial charge in [-0.3, -0.25) is 4.21 Å². The average molecular weight is 333 g/mol. The first-order chi connectivity index (χ1) is 10.1. The molecule has 0 aliphatic carbocycles. The molecule has 1 aliphatic heterocycles. The molecule has 0 unspecified atom stereocenters. The smallest absolute Gasteiger partial charge is 0.184 e. The molecular formula is C14H15ClF2N2OS. The standard InChI is InChI=1S/C14H15ClF2N2OS/c15-6-3-12-18-11-2-1-10(16)13(17)14(11)19(12)9-4-7-21(20)8-5-9/h1-2,9H,3-8H2. The lowest BCUT2D eigenvalue weighted by Gasteiger charge is -2.25. The molecule has 1 aromatic heterocycles. The van der Waals surface area contributed by atoms with Gasteiger partial charge in [-0.15, -0.1) is 11.6 Å². The Kier molecular flexibility index (Phi) is 4.26. The lowest BCUT2D eigenvalue weighted by Crippen LogP contribution is -2.23. The third kappa shape index (κ3) is 2.71. The van der Waals surface area contributed by atoms with Gasteiger partial charge in [0, 0.05) is 40.6 Å². The number of aryl methyl sites for hydroxylation is 1. The molecular weight excluding hydrogens is 318 g/mol. The predicted molar refractivity (Wildman–Crippen MR) is 80.2 cm³/mol. The molecule has 3 nitrogen and oxygen atoms in total. The summed E-state index contributed by atoms with van der Waals surface area (Å²) in [7, 11) is -0.804. The number of rotatable bonds is 3. The van der Waals surface area contributed by atoms with Crippen molar-refractivity contribution in [3.63, 3.8) is 0 Å². The Bertz CT molecular complexity index is 694. The van der Waals surface area contributed by atoms with Crippen molar-refractivity contribution in [1.82, 2.24) is 9.55 Å². The van der Waals surface area contributed by atoms with E-state index in [0.717, 1.165) is 6.07 Å². The highest BCUT2D eigenvalue weighted by atomic mass is 35.5. The number of benzene rings is 1. The molecule has 0 amide bonds. The number of alkyl halides is 1. The van der Waals surface area contributed by atoms with E-state index in [1.54, 1.807) is 4.57 Å². The number of hydrogen-bond donors (Lipinski definition) is 0. The summed E-state index contributed by atoms with van der Waals surface area (Å²) in [5.41, 5.74) is 0.647. The molecule has 1 aliphatic rings. The Balaban J connectivity index is 2.15. The monoisotopic (exact) mass is 332 g/mol. The Morgan fingerprint density at radius 3 is 2.71 bits per heavy atom. The maximum absolute atomic E-state index is 14.2. The second-order valence-electron chi connectivity index (χ2n) is 5.15. The van der Waals surface area contributed by atoms with Gasteiger partial charge in [0.2, 0.25) is 0 Å². The van der Waals surface area contributed by atoms with Gasteiger partial charge in [0.25, 0.3) is 0 Å². The molecule has 1 fully saturated rings. The van der Waals surface area contributed by atoms with Crippen molar-refractivity contribution in [2.45, 2.75) is 25.3 Å². The summed E-state index contributed by atoms with van der Waals surface area (Å²) in [5.74, 6) is 0.463. The number of imidazole rings is 1. The van der Waals surface area contributed by atoms with Crippen LogP contribution in [0, 0.1) is 11.6 Å². The van der Waals surface area contributed by atoms with Gasteiger partial charge in [-0.05, 0) is 25.0 Å². The summed E-state index contributed by atoms with van der Waals surface area (Å²) in [6.07, 6.45) is 1.86. The highest BCUT2D eigenvalue weighted by Crippen LogP contribution is 2.31. The van der Waals surface area contributed by atoms with Crippen LogP contribution in [0.3, 0.4) is 0 Å². The van der Waals surface area contributed by atoms with Crippen LogP contribution in [0.15, 0.2) is 12.1 Å². The van der Waals surface area contributed by atoms with Crippen LogP contribution in [0.4, 0.5) is 8.78 Å². The fraction of sp³-hybridized carbons (Fsp3) is 0.500. The van der Waals surface area contributed by atoms with Crippen LogP contribution >= 0.6 is 11.6 Å². The molecule has 7 heteroatoms. The van der Waals surface area contributed by atoms with Crippen LogP contribution in [0.2, 0.25) is 0 Å². The minimum Gasteiger partial charge on any atom is -0.322 e. The van der Waals surface area contributed by atoms with Gasteiger partial charge < -0.3 is 4.57 Å². The van der Waals surface area contributed by atoms with Crippen LogP contribution in [0.5, 0.6) is 0 Å². The first-order valence-electron chi connectivity index (χ1n) is 6.87. The summed E-state index contributed by atoms with van der Waals surface area (Å²) in [5, 5.41) is 0. The minimum atomic E-state index is -0.875. The number of hydrogen-bond acceptors (Lipinski definition) is 2. The van der Waals surface area contributed by atoms with Crippen molar-refractivity contribution in [2.75, 3.05) is 17.4 Å². The Morgan fingerprint density at radius 2 is 2.05 bits per heavy atom. The van der Waals surface area contributed by atoms with Crippen molar-refractivity contribution >= 4 is 33.4 Å². The van der Waals surface area contributed by atoms with Gasteiger partial charge >= 0.3 is 0 Å². The van der Waals surface area contributed by atoms with E-state index in [1.807, 2.05) is 0 Å². The summed E-state index contributed by atoms with van der Waals surface area (Å²) in [6, 6.07) is 2.58. The molecule has 2 aromatic rings. The summed E-state index contributed by atoms with van der Waals surface area (Å²) < 4.78 is 41.1. The molecule has 0 N–H and O–H groups in total. The van der Waals surface area contributed by atoms with Crippen molar-refractivity contribution in [2.24, 2.45) is 0 Å². The fourth-order valence-corrected chi connectivity index (χ4v) is 4.31. The molecule has 1 saturated heterocycles. The lowest BCUT2D eigenvalue weighted by atomic mass is 10.1. The first-order valence-corrected chi connectivity index (χ1v) is 8.90. The van der Waals surface area contributed by atoms with E-state index in [4.69, 9.17) is 11.6 Å². The summed E-state index contributed by atoms with van der Waals surface area (Å²) in [4.78, 5) is 4.39. The molecule has 1 aromatic carbocycles. The number of fused-ring (bicyclic) bond motifs is 1. The molecule has 21 heavy (non-hydrogen) atoms. The Morgan fingerprint density at radius 1 is 1.33 bits per heavy atom. The van der Waals surface area contributed by atoms with E-state index in [0.29, 0.717) is 48.0 Å². The van der Waals surface area contributed by atoms with E-state index >= 15 is 0 Å². The molecule has 0 spiro atoms. The quantitative estimate of drug-likeness (QED) is 0.809. The highest BCUT2D eigenvalue weighted by Gasteiger charge is 2.26. The zero-order chi connectivity index (χ0) is 15.0. The molecule has 114 valence electrons. The van der Waals surface area contributed by atoms with Gasteiger partial charge in [0.15, 0.2) is 11.6 Å². The topological polar surface area (TPSA) is 34.9 Å². The maximum Gasteiger partial charge on any atom is 0.184 e. The van der Waals surface area contributed by atoms with Gasteiger partial charge in [-0.1, -0.05) is 0 Å². The average Bonchev–Trinajstić information content (AvgIpc) is 2.83. The maximum atomic E-state index is 14.2. The van der Waals surface area contributed by atoms with E-state index in [1.165, 1.54) is 6.07 Å². The van der Waals surface area contributed by atoms with Gasteiger partial charge in [-0.25, -0.2) is 13.8 Å². The number of aromatic nitrogens is 2. The van der Waals surface area contributed by atoms with Crippen LogP contribution in [0.1, 0.15) is 24.7 Å². The van der Waals surface area contributed by atoms with Crippen molar-refractivity contribution in [1.29, 1.82) is 0 Å². The lowest BCUT2D eigenvalue weighted by molar-refractivity contribution is 0.448. The van der Waals surface area contributed by atoms with E-state index in [9.17, 15) is 13.0 Å². The largest absolute Gasteiger partial charge is 0.322 e. The van der Waals surface area contributed by atoms with Crippen LogP contribution in [-0.2, 0) is 17.2 Å². The number of halogens is 3. The normalized spacial score (nSPS) is 22.8. The van der Waals surface area contributed by atoms with E-state index < -0.39 is 22.4 Å². The summed E-state index contributed by atoms with van der Waals surface area (Å²) in [6.45, 7) is 0. The zero-order valence-corrected chi connectivity index (χ0v) is 12.9. The Hall–Kier alpha value is -1.01. The third-order valence-electron chi connectivity index (χ3n) is 3.86. The van der Waals surface area contributed by atoms with Crippen LogP contribution in [-0.4, -0.2) is 31.1 Å². The number of nitrogens with zero attached hydrogens (tertiary/aromatic N) is 2. The Labute approximate surface area is 128 Å². The predicted octanol–water partition coefficient (Wildman–Crippen LogP) is 3.18. The van der Waals surface area contributed by atoms with Gasteiger partial charge in [-0.2, -0.15) is 0 Å². The van der Waals surface area contributed by atoms with Crippen LogP contribution < -0.4 is 0 Å². The van der Waals surface area contributed by atoms with E-state index in [2.05, 4.69) is 4.98 Å². The third-order valence-corrected chi connectivity index (χ3v) is 5.43. The molecule has 0 atom stereocenters.